The van der Waals surface area contributed by atoms with Crippen LogP contribution in [0.4, 0.5) is 0 Å². The maximum atomic E-state index is 12.2. The van der Waals surface area contributed by atoms with Gasteiger partial charge in [0.25, 0.3) is 39.1 Å². The van der Waals surface area contributed by atoms with Gasteiger partial charge >= 0.3 is 35.8 Å². The number of ether oxygens (including phenoxy) is 8. The third-order valence-corrected chi connectivity index (χ3v) is 26.2. The molecule has 818 valence electrons. The lowest BCUT2D eigenvalue weighted by molar-refractivity contribution is -0.870. The number of carbonyl (C=O) groups excluding carboxylic acids is 6. The number of phosphoric acid groups is 5. The minimum absolute atomic E-state index is 0.00599. The van der Waals surface area contributed by atoms with Crippen molar-refractivity contribution in [2.75, 3.05) is 249 Å². The van der Waals surface area contributed by atoms with Gasteiger partial charge in [-0.1, -0.05) is 144 Å². The Labute approximate surface area is 841 Å². The Kier molecular flexibility index (Phi) is 73.7. The van der Waals surface area contributed by atoms with Crippen molar-refractivity contribution in [1.82, 2.24) is 5.32 Å². The molecule has 0 heterocycles. The first-order valence-electron chi connectivity index (χ1n) is 47.8. The quantitative estimate of drug-likeness (QED) is 0.0158. The van der Waals surface area contributed by atoms with Crippen LogP contribution in [0.1, 0.15) is 178 Å². The van der Waals surface area contributed by atoms with Crippen LogP contribution in [0.25, 0.3) is 0 Å². The highest BCUT2D eigenvalue weighted by molar-refractivity contribution is 7.99. The number of likely N-dealkylation sites (N-methyl/N-ethyl adjacent to an activating group) is 5. The normalized spacial score (nSPS) is 16.0. The monoisotopic (exact) mass is 2120 g/mol. The largest absolute Gasteiger partial charge is 0.756 e. The predicted molar refractivity (Wildman–Crippen MR) is 532 cm³/mol. The summed E-state index contributed by atoms with van der Waals surface area (Å²) in [7, 11) is 6.01. The van der Waals surface area contributed by atoms with Crippen molar-refractivity contribution in [1.29, 1.82) is 0 Å². The SMILES string of the molecule is C=C(C)C(=O)OCC(CNCCCCC)OP(=O)([O-])OCC[N+](C)(C)C.C=C(C)C(=O)OCC(COC1CCCCC1)OP(=O)([O-])OCC[N+](C)(C)C.C=C(C)C(=O)OCC(COc1ccc(CC)cc1)OP(=O)([O-])OCC[N+](C)(C)C.C=C(C)C(=O)OCC(CSCCCC(CC)CC)OP(=O)([O-])OCC[N+](C)(C)C.C=CC(=O)OCC(COC(=O)C(CC)CCCC)OP(=O)([O-])OCC[N+](C)(C)C. The van der Waals surface area contributed by atoms with Gasteiger partial charge in [-0.25, -0.2) is 24.0 Å². The minimum atomic E-state index is -4.68. The highest BCUT2D eigenvalue weighted by Crippen LogP contribution is 2.44. The van der Waals surface area contributed by atoms with Crippen molar-refractivity contribution >= 4 is 86.7 Å². The fourth-order valence-corrected chi connectivity index (χ4v) is 16.4. The van der Waals surface area contributed by atoms with Crippen LogP contribution in [0.3, 0.4) is 0 Å². The van der Waals surface area contributed by atoms with E-state index in [1.807, 2.05) is 139 Å². The predicted octanol–water partition coefficient (Wildman–Crippen LogP) is 11.5. The minimum Gasteiger partial charge on any atom is -0.756 e. The molecule has 1 aromatic rings. The van der Waals surface area contributed by atoms with Crippen molar-refractivity contribution < 1.29 is 182 Å². The molecule has 11 atom stereocenters. The molecular formula is C94H177N6O34P5S. The molecule has 0 aliphatic heterocycles. The maximum Gasteiger partial charge on any atom is 0.333 e. The Morgan fingerprint density at radius 2 is 0.771 bits per heavy atom. The van der Waals surface area contributed by atoms with Crippen LogP contribution < -0.4 is 34.5 Å². The summed E-state index contributed by atoms with van der Waals surface area (Å²) in [5, 5.41) is 3.12. The molecule has 0 spiro atoms. The Morgan fingerprint density at radius 3 is 1.12 bits per heavy atom. The highest BCUT2D eigenvalue weighted by Gasteiger charge is 2.31. The number of thioether (sulfide) groups is 1. The molecule has 2 rings (SSSR count). The third kappa shape index (κ3) is 83.2. The van der Waals surface area contributed by atoms with Crippen molar-refractivity contribution in [3.05, 3.63) is 91.1 Å². The molecule has 140 heavy (non-hydrogen) atoms. The number of rotatable bonds is 73. The standard InChI is InChI=1S/C20H32NO7P.C20H40NO6PS.C19H36NO8P.C18H34NO7P.C17H35N2O6P/c1-7-17-8-10-18(11-9-17)25-14-19(15-26-20(22)16(2)3)28-29(23,24)27-13-12-21(4,5)6;1-8-18(9-2)11-10-14-29-16-19(15-25-20(22)17(3)4)27-28(23,24)26-13-12-21(5,6)7;1-7-10-11-16(8-2)19(22)26-15-17(14-25-18(21)9-3)28-29(23,24)27-13-12-20(4,5)6;1-15(2)18(20)24-14-17(13-23-16-9-7-6-8-10-16)26-27(21,22)25-12-11-19(3,4)5;1-7-8-9-10-18-13-16(14-23-17(20)15(2)3)25-26(21,22)24-12-11-19(4,5)6/h8-11,19H,2,7,12-15H2,1,3-6H3;18-19H,3,8-16H2,1-2,4-7H3;9,16-17H,3,7-8,10-15H2,1-2,4-6H3;16-17H,1,6-14H2,2-5H3;16,18H,2,7-14H2,1,3-6H3. The van der Waals surface area contributed by atoms with Gasteiger partial charge in [-0.15, -0.1) is 0 Å². The summed E-state index contributed by atoms with van der Waals surface area (Å²) in [6.07, 6.45) is 13.2. The molecule has 0 amide bonds. The van der Waals surface area contributed by atoms with Crippen LogP contribution in [-0.2, 0) is 136 Å². The molecule has 1 N–H and O–H groups in total. The second kappa shape index (κ2) is 74.1. The number of esters is 6. The lowest BCUT2D eigenvalue weighted by Gasteiger charge is -2.31. The summed E-state index contributed by atoms with van der Waals surface area (Å²) in [5.74, 6) is -1.27. The molecule has 1 fully saturated rings. The van der Waals surface area contributed by atoms with E-state index in [1.54, 1.807) is 23.9 Å². The van der Waals surface area contributed by atoms with Crippen LogP contribution in [0.15, 0.2) is 85.5 Å². The van der Waals surface area contributed by atoms with E-state index < -0.39 is 112 Å². The molecule has 0 aromatic heterocycles. The molecule has 0 radical (unpaired) electrons. The molecule has 11 unspecified atom stereocenters. The highest BCUT2D eigenvalue weighted by atomic mass is 32.2. The lowest BCUT2D eigenvalue weighted by atomic mass is 9.98. The average Bonchev–Trinajstić information content (AvgIpc) is 0.893. The Morgan fingerprint density at radius 1 is 0.429 bits per heavy atom. The van der Waals surface area contributed by atoms with Crippen LogP contribution in [-0.4, -0.2) is 344 Å². The van der Waals surface area contributed by atoms with Gasteiger partial charge in [-0.2, -0.15) is 11.8 Å². The molecule has 1 aromatic carbocycles. The molecule has 1 saturated carbocycles. The van der Waals surface area contributed by atoms with Gasteiger partial charge < -0.3 is 135 Å². The number of hydrogen-bond donors (Lipinski definition) is 1. The molecule has 0 bridgehead atoms. The number of hydrogen-bond acceptors (Lipinski definition) is 36. The maximum absolute atomic E-state index is 12.2. The van der Waals surface area contributed by atoms with Gasteiger partial charge in [0, 0.05) is 40.7 Å². The number of aryl methyl sites for hydroxylation is 1. The van der Waals surface area contributed by atoms with Gasteiger partial charge in [0.2, 0.25) is 0 Å². The first-order valence-corrected chi connectivity index (χ1v) is 56.3. The summed E-state index contributed by atoms with van der Waals surface area (Å²) in [4.78, 5) is 131. The van der Waals surface area contributed by atoms with E-state index in [1.165, 1.54) is 47.0 Å². The van der Waals surface area contributed by atoms with Crippen molar-refractivity contribution in [3.8, 4) is 5.75 Å². The van der Waals surface area contributed by atoms with E-state index in [0.717, 1.165) is 107 Å². The third-order valence-electron chi connectivity index (χ3n) is 19.7. The fourth-order valence-electron chi connectivity index (χ4n) is 11.0. The number of quaternary nitrogens is 5. The molecule has 46 heteroatoms. The number of nitrogens with one attached hydrogen (secondary N) is 1. The number of unbranched alkanes of at least 4 members (excludes halogenated alkanes) is 3. The molecule has 1 aliphatic carbocycles. The van der Waals surface area contributed by atoms with E-state index in [9.17, 15) is 76.1 Å². The zero-order valence-electron chi connectivity index (χ0n) is 88.9. The van der Waals surface area contributed by atoms with Crippen molar-refractivity contribution in [2.45, 2.75) is 215 Å². The first-order chi connectivity index (χ1) is 64.7. The van der Waals surface area contributed by atoms with Crippen LogP contribution in [0, 0.1) is 11.8 Å². The number of phosphoric ester groups is 5. The van der Waals surface area contributed by atoms with Crippen LogP contribution in [0.5, 0.6) is 5.75 Å². The van der Waals surface area contributed by atoms with E-state index in [-0.39, 0.29) is 120 Å². The topological polar surface area (TPSA) is 481 Å². The van der Waals surface area contributed by atoms with Gasteiger partial charge in [0.1, 0.15) is 148 Å². The summed E-state index contributed by atoms with van der Waals surface area (Å²) in [5.41, 5.74) is 2.07. The molecule has 40 nitrogen and oxygen atoms in total. The van der Waals surface area contributed by atoms with Gasteiger partial charge in [-0.3, -0.25) is 27.6 Å². The Hall–Kier alpha value is -4.84. The van der Waals surface area contributed by atoms with E-state index in [2.05, 4.69) is 59.0 Å². The smallest absolute Gasteiger partial charge is 0.333 e. The number of nitrogens with zero attached hydrogens (tertiary/aromatic N) is 5. The van der Waals surface area contributed by atoms with Crippen LogP contribution >= 0.6 is 50.9 Å². The summed E-state index contributed by atoms with van der Waals surface area (Å²) in [6, 6.07) is 7.39. The van der Waals surface area contributed by atoms with Crippen LogP contribution in [0.2, 0.25) is 0 Å². The Bertz CT molecular complexity index is 3960. The van der Waals surface area contributed by atoms with Crippen molar-refractivity contribution in [2.24, 2.45) is 11.8 Å². The van der Waals surface area contributed by atoms with Gasteiger partial charge in [0.15, 0.2) is 0 Å². The second-order valence-corrected chi connectivity index (χ2v) is 47.0. The van der Waals surface area contributed by atoms with Crippen molar-refractivity contribution in [3.63, 3.8) is 0 Å². The Balaban J connectivity index is -0.00000168. The van der Waals surface area contributed by atoms with E-state index in [4.69, 9.17) is 83.1 Å². The molecule has 1 aliphatic rings. The lowest BCUT2D eigenvalue weighted by Crippen LogP contribution is -2.38. The molecule has 0 saturated heterocycles. The zero-order valence-corrected chi connectivity index (χ0v) is 94.2. The number of benzene rings is 1. The summed E-state index contributed by atoms with van der Waals surface area (Å²) < 4.78 is 155. The van der Waals surface area contributed by atoms with E-state index >= 15 is 0 Å². The van der Waals surface area contributed by atoms with Gasteiger partial charge in [-0.05, 0) is 115 Å². The number of carbonyl (C=O) groups is 6. The average molecular weight is 2120 g/mol. The van der Waals surface area contributed by atoms with E-state index in [0.29, 0.717) is 79.5 Å². The molecular weight excluding hydrogens is 1940 g/mol. The fraction of sp³-hybridized carbons (Fsp3) is 0.766. The second-order valence-electron chi connectivity index (χ2n) is 39.0. The summed E-state index contributed by atoms with van der Waals surface area (Å²) in [6.45, 7) is 37.4. The summed E-state index contributed by atoms with van der Waals surface area (Å²) >= 11 is 1.60. The zero-order chi connectivity index (χ0) is 108. The first kappa shape index (κ1) is 139. The van der Waals surface area contributed by atoms with Gasteiger partial charge in [0.05, 0.1) is 124 Å².